The van der Waals surface area contributed by atoms with Gasteiger partial charge in [0.25, 0.3) is 0 Å². The van der Waals surface area contributed by atoms with Gasteiger partial charge in [0.05, 0.1) is 42.6 Å². The number of carbonyl (C=O) groups excluding carboxylic acids is 2. The molecule has 4 N–H and O–H groups in total. The number of hydrogen-bond acceptors (Lipinski definition) is 5. The number of nitrogens with two attached hydrogens (primary N) is 1. The van der Waals surface area contributed by atoms with Crippen molar-refractivity contribution in [3.05, 3.63) is 23.8 Å². The Bertz CT molecular complexity index is 766. The Labute approximate surface area is 173 Å². The molecule has 2 atom stereocenters. The lowest BCUT2D eigenvalue weighted by molar-refractivity contribution is -0.137. The van der Waals surface area contributed by atoms with Gasteiger partial charge >= 0.3 is 6.18 Å². The summed E-state index contributed by atoms with van der Waals surface area (Å²) in [7, 11) is 0. The molecule has 1 aromatic rings. The first-order chi connectivity index (χ1) is 14.3. The third-order valence-corrected chi connectivity index (χ3v) is 5.61. The molecule has 1 heterocycles. The predicted molar refractivity (Wildman–Crippen MR) is 106 cm³/mol. The standard InChI is InChI=1S/C20H27F3N4O3/c21-20(22,23)13-5-6-17(27-7-9-30-10-8-27)16(11-13)26-18(28)12-25-15-4-2-1-3-14(15)19(24)29/h5-6,11,14-15,25H,1-4,7-10,12H2,(H2,24,29)(H,26,28)/t14-,15+/m1/s1. The monoisotopic (exact) mass is 428 g/mol. The number of rotatable bonds is 6. The van der Waals surface area contributed by atoms with E-state index < -0.39 is 23.6 Å². The van der Waals surface area contributed by atoms with E-state index in [0.717, 1.165) is 31.4 Å². The molecule has 0 unspecified atom stereocenters. The van der Waals surface area contributed by atoms with Crippen LogP contribution in [-0.2, 0) is 20.5 Å². The van der Waals surface area contributed by atoms with E-state index in [1.54, 1.807) is 0 Å². The molecule has 10 heteroatoms. The zero-order valence-corrected chi connectivity index (χ0v) is 16.6. The second-order valence-electron chi connectivity index (χ2n) is 7.66. The summed E-state index contributed by atoms with van der Waals surface area (Å²) in [5, 5.41) is 5.65. The number of anilines is 2. The van der Waals surface area contributed by atoms with Gasteiger partial charge in [0, 0.05) is 19.1 Å². The molecule has 1 aliphatic heterocycles. The fraction of sp³-hybridized carbons (Fsp3) is 0.600. The SMILES string of the molecule is NC(=O)[C@@H]1CCCC[C@@H]1NCC(=O)Nc1cc(C(F)(F)F)ccc1N1CCOCC1. The number of amides is 2. The summed E-state index contributed by atoms with van der Waals surface area (Å²) in [4.78, 5) is 26.0. The van der Waals surface area contributed by atoms with Crippen LogP contribution in [0, 0.1) is 5.92 Å². The van der Waals surface area contributed by atoms with Crippen LogP contribution in [0.5, 0.6) is 0 Å². The van der Waals surface area contributed by atoms with Crippen LogP contribution in [0.3, 0.4) is 0 Å². The van der Waals surface area contributed by atoms with Gasteiger partial charge in [0.15, 0.2) is 0 Å². The summed E-state index contributed by atoms with van der Waals surface area (Å²) in [5.41, 5.74) is 5.24. The maximum Gasteiger partial charge on any atom is 0.416 e. The van der Waals surface area contributed by atoms with Gasteiger partial charge in [-0.15, -0.1) is 0 Å². The Morgan fingerprint density at radius 3 is 2.53 bits per heavy atom. The number of primary amides is 1. The van der Waals surface area contributed by atoms with Gasteiger partial charge in [0.1, 0.15) is 0 Å². The topological polar surface area (TPSA) is 96.7 Å². The summed E-state index contributed by atoms with van der Waals surface area (Å²) in [6.07, 6.45) is -1.28. The number of carbonyl (C=O) groups is 2. The number of hydrogen-bond donors (Lipinski definition) is 3. The third-order valence-electron chi connectivity index (χ3n) is 5.61. The smallest absolute Gasteiger partial charge is 0.378 e. The Morgan fingerprint density at radius 2 is 1.87 bits per heavy atom. The van der Waals surface area contributed by atoms with Crippen LogP contribution in [0.15, 0.2) is 18.2 Å². The minimum absolute atomic E-state index is 0.105. The molecule has 1 saturated carbocycles. The predicted octanol–water partition coefficient (Wildman–Crippen LogP) is 2.11. The highest BCUT2D eigenvalue weighted by Gasteiger charge is 2.32. The first-order valence-corrected chi connectivity index (χ1v) is 10.1. The number of morpholine rings is 1. The number of nitrogens with one attached hydrogen (secondary N) is 2. The van der Waals surface area contributed by atoms with Gasteiger partial charge in [-0.2, -0.15) is 13.2 Å². The molecule has 30 heavy (non-hydrogen) atoms. The maximum absolute atomic E-state index is 13.2. The molecule has 166 valence electrons. The van der Waals surface area contributed by atoms with E-state index in [-0.39, 0.29) is 24.2 Å². The van der Waals surface area contributed by atoms with Gasteiger partial charge in [-0.1, -0.05) is 12.8 Å². The molecule has 0 radical (unpaired) electrons. The Balaban J connectivity index is 1.71. The van der Waals surface area contributed by atoms with Gasteiger partial charge < -0.3 is 26.0 Å². The molecule has 0 aromatic heterocycles. The summed E-state index contributed by atoms with van der Waals surface area (Å²) >= 11 is 0. The van der Waals surface area contributed by atoms with Crippen LogP contribution in [0.4, 0.5) is 24.5 Å². The lowest BCUT2D eigenvalue weighted by Gasteiger charge is -2.31. The number of alkyl halides is 3. The van der Waals surface area contributed by atoms with E-state index in [2.05, 4.69) is 10.6 Å². The highest BCUT2D eigenvalue weighted by Crippen LogP contribution is 2.35. The van der Waals surface area contributed by atoms with Gasteiger partial charge in [-0.05, 0) is 31.0 Å². The average Bonchev–Trinajstić information content (AvgIpc) is 2.72. The van der Waals surface area contributed by atoms with Crippen LogP contribution >= 0.6 is 0 Å². The molecule has 3 rings (SSSR count). The van der Waals surface area contributed by atoms with Crippen molar-refractivity contribution in [2.24, 2.45) is 11.7 Å². The summed E-state index contributed by atoms with van der Waals surface area (Å²) in [5.74, 6) is -1.22. The van der Waals surface area contributed by atoms with Gasteiger partial charge in [0.2, 0.25) is 11.8 Å². The van der Waals surface area contributed by atoms with Crippen molar-refractivity contribution in [1.29, 1.82) is 0 Å². The van der Waals surface area contributed by atoms with Crippen LogP contribution in [0.1, 0.15) is 31.2 Å². The van der Waals surface area contributed by atoms with E-state index in [1.807, 2.05) is 4.90 Å². The van der Waals surface area contributed by atoms with E-state index in [9.17, 15) is 22.8 Å². The first kappa shape index (κ1) is 22.4. The van der Waals surface area contributed by atoms with Crippen molar-refractivity contribution in [1.82, 2.24) is 5.32 Å². The van der Waals surface area contributed by atoms with Crippen LogP contribution in [0.25, 0.3) is 0 Å². The Morgan fingerprint density at radius 1 is 1.17 bits per heavy atom. The van der Waals surface area contributed by atoms with Crippen molar-refractivity contribution in [3.8, 4) is 0 Å². The van der Waals surface area contributed by atoms with Crippen LogP contribution < -0.4 is 21.3 Å². The molecule has 2 amide bonds. The van der Waals surface area contributed by atoms with Gasteiger partial charge in [-0.25, -0.2) is 0 Å². The lowest BCUT2D eigenvalue weighted by atomic mass is 9.84. The second-order valence-corrected chi connectivity index (χ2v) is 7.66. The molecule has 0 spiro atoms. The minimum atomic E-state index is -4.52. The third kappa shape index (κ3) is 5.63. The largest absolute Gasteiger partial charge is 0.416 e. The van der Waals surface area contributed by atoms with Crippen LogP contribution in [0.2, 0.25) is 0 Å². The average molecular weight is 428 g/mol. The number of ether oxygens (including phenoxy) is 1. The molecular formula is C20H27F3N4O3. The van der Waals surface area contributed by atoms with Crippen molar-refractivity contribution < 1.29 is 27.5 Å². The van der Waals surface area contributed by atoms with Crippen molar-refractivity contribution in [2.75, 3.05) is 43.1 Å². The summed E-state index contributed by atoms with van der Waals surface area (Å²) in [6.45, 7) is 1.86. The van der Waals surface area contributed by atoms with Crippen molar-refractivity contribution in [3.63, 3.8) is 0 Å². The Hall–Kier alpha value is -2.33. The van der Waals surface area contributed by atoms with Crippen molar-refractivity contribution in [2.45, 2.75) is 37.9 Å². The van der Waals surface area contributed by atoms with Crippen LogP contribution in [-0.4, -0.2) is 50.7 Å². The molecule has 7 nitrogen and oxygen atoms in total. The zero-order valence-electron chi connectivity index (χ0n) is 16.6. The fourth-order valence-electron chi connectivity index (χ4n) is 4.03. The molecular weight excluding hydrogens is 401 g/mol. The zero-order chi connectivity index (χ0) is 21.7. The van der Waals surface area contributed by atoms with E-state index in [1.165, 1.54) is 6.07 Å². The maximum atomic E-state index is 13.2. The second kappa shape index (κ2) is 9.65. The fourth-order valence-corrected chi connectivity index (χ4v) is 4.03. The highest BCUT2D eigenvalue weighted by molar-refractivity contribution is 5.96. The molecule has 1 aromatic carbocycles. The molecule has 1 saturated heterocycles. The summed E-state index contributed by atoms with van der Waals surface area (Å²) in [6, 6.07) is 3.14. The normalized spacial score (nSPS) is 22.6. The molecule has 0 bridgehead atoms. The van der Waals surface area contributed by atoms with E-state index in [4.69, 9.17) is 10.5 Å². The number of benzene rings is 1. The number of nitrogens with zero attached hydrogens (tertiary/aromatic N) is 1. The molecule has 1 aliphatic carbocycles. The first-order valence-electron chi connectivity index (χ1n) is 10.1. The highest BCUT2D eigenvalue weighted by atomic mass is 19.4. The Kier molecular flexibility index (Phi) is 7.19. The molecule has 2 fully saturated rings. The lowest BCUT2D eigenvalue weighted by Crippen LogP contribution is -2.47. The minimum Gasteiger partial charge on any atom is -0.378 e. The van der Waals surface area contributed by atoms with E-state index >= 15 is 0 Å². The van der Waals surface area contributed by atoms with Crippen molar-refractivity contribution >= 4 is 23.2 Å². The molecule has 2 aliphatic rings. The number of halogens is 3. The van der Waals surface area contributed by atoms with E-state index in [0.29, 0.717) is 38.4 Å². The quantitative estimate of drug-likeness (QED) is 0.645. The van der Waals surface area contributed by atoms with Gasteiger partial charge in [-0.3, -0.25) is 9.59 Å². The summed E-state index contributed by atoms with van der Waals surface area (Å²) < 4.78 is 44.9.